The Morgan fingerprint density at radius 1 is 0.826 bits per heavy atom. The number of aromatic nitrogens is 2. The smallest absolute Gasteiger partial charge is 0.123 e. The first kappa shape index (κ1) is 13.5. The summed E-state index contributed by atoms with van der Waals surface area (Å²) in [6.45, 7) is 0. The Morgan fingerprint density at radius 3 is 2.43 bits per heavy atom. The molecule has 1 N–H and O–H groups in total. The van der Waals surface area contributed by atoms with E-state index in [0.717, 1.165) is 32.6 Å². The second-order valence-corrected chi connectivity index (χ2v) is 5.33. The van der Waals surface area contributed by atoms with Gasteiger partial charge in [-0.1, -0.05) is 48.5 Å². The second kappa shape index (κ2) is 5.54. The highest BCUT2D eigenvalue weighted by Gasteiger charge is 2.06. The molecule has 3 nitrogen and oxygen atoms in total. The molecule has 0 spiro atoms. The summed E-state index contributed by atoms with van der Waals surface area (Å²) < 4.78 is 0. The zero-order valence-electron chi connectivity index (χ0n) is 12.3. The standard InChI is InChI=1S/C20H14N2O/c23-19(12-9-14-5-2-1-3-6-14)15-10-11-18-20-16(15)7-4-8-17(20)21-13-22-18/h1-13,23H/b12-9+,19-15-. The van der Waals surface area contributed by atoms with Crippen LogP contribution in [0.2, 0.25) is 0 Å². The van der Waals surface area contributed by atoms with Gasteiger partial charge < -0.3 is 5.11 Å². The summed E-state index contributed by atoms with van der Waals surface area (Å²) in [6.07, 6.45) is 5.19. The number of nitrogens with zero attached hydrogens (tertiary/aromatic N) is 2. The van der Waals surface area contributed by atoms with Crippen molar-refractivity contribution in [1.29, 1.82) is 0 Å². The molecule has 4 rings (SSSR count). The number of hydrogen-bond donors (Lipinski definition) is 1. The fraction of sp³-hybridized carbons (Fsp3) is 0. The van der Waals surface area contributed by atoms with Crippen molar-refractivity contribution in [1.82, 2.24) is 9.97 Å². The lowest BCUT2D eigenvalue weighted by Gasteiger charge is -2.05. The first-order valence-electron chi connectivity index (χ1n) is 7.41. The van der Waals surface area contributed by atoms with Crippen LogP contribution in [0.3, 0.4) is 0 Å². The van der Waals surface area contributed by atoms with Gasteiger partial charge in [-0.15, -0.1) is 0 Å². The fourth-order valence-corrected chi connectivity index (χ4v) is 2.79. The molecular weight excluding hydrogens is 284 g/mol. The van der Waals surface area contributed by atoms with Crippen molar-refractivity contribution in [3.05, 3.63) is 83.8 Å². The Kier molecular flexibility index (Phi) is 3.24. The van der Waals surface area contributed by atoms with E-state index in [9.17, 15) is 5.11 Å². The highest BCUT2D eigenvalue weighted by molar-refractivity contribution is 6.07. The van der Waals surface area contributed by atoms with Crippen LogP contribution >= 0.6 is 0 Å². The van der Waals surface area contributed by atoms with E-state index in [2.05, 4.69) is 9.97 Å². The van der Waals surface area contributed by atoms with E-state index in [-0.39, 0.29) is 5.76 Å². The summed E-state index contributed by atoms with van der Waals surface area (Å²) in [6, 6.07) is 19.6. The average Bonchev–Trinajstić information content (AvgIpc) is 2.61. The quantitative estimate of drug-likeness (QED) is 0.611. The van der Waals surface area contributed by atoms with Crippen LogP contribution in [0.15, 0.2) is 73.1 Å². The maximum absolute atomic E-state index is 10.5. The molecule has 0 unspecified atom stereocenters. The Bertz CT molecular complexity index is 1050. The van der Waals surface area contributed by atoms with Gasteiger partial charge in [0.1, 0.15) is 12.1 Å². The van der Waals surface area contributed by atoms with Gasteiger partial charge >= 0.3 is 0 Å². The van der Waals surface area contributed by atoms with E-state index in [4.69, 9.17) is 0 Å². The van der Waals surface area contributed by atoms with Crippen LogP contribution in [-0.2, 0) is 0 Å². The maximum atomic E-state index is 10.5. The zero-order valence-corrected chi connectivity index (χ0v) is 12.3. The van der Waals surface area contributed by atoms with E-state index in [0.29, 0.717) is 0 Å². The van der Waals surface area contributed by atoms with Crippen molar-refractivity contribution in [2.24, 2.45) is 0 Å². The average molecular weight is 298 g/mol. The van der Waals surface area contributed by atoms with E-state index in [1.165, 1.54) is 0 Å². The largest absolute Gasteiger partial charge is 0.507 e. The third-order valence-corrected chi connectivity index (χ3v) is 3.90. The van der Waals surface area contributed by atoms with Gasteiger partial charge in [-0.3, -0.25) is 0 Å². The van der Waals surface area contributed by atoms with Crippen LogP contribution in [0.1, 0.15) is 5.56 Å². The molecule has 0 radical (unpaired) electrons. The third-order valence-electron chi connectivity index (χ3n) is 3.90. The molecule has 1 aromatic heterocycles. The van der Waals surface area contributed by atoms with Gasteiger partial charge in [0.05, 0.1) is 11.0 Å². The van der Waals surface area contributed by atoms with Crippen molar-refractivity contribution in [3.8, 4) is 0 Å². The lowest BCUT2D eigenvalue weighted by molar-refractivity contribution is 0.513. The summed E-state index contributed by atoms with van der Waals surface area (Å²) in [4.78, 5) is 8.61. The van der Waals surface area contributed by atoms with Crippen molar-refractivity contribution in [3.63, 3.8) is 0 Å². The monoisotopic (exact) mass is 298 g/mol. The molecule has 4 aromatic rings. The first-order valence-corrected chi connectivity index (χ1v) is 7.41. The lowest BCUT2D eigenvalue weighted by atomic mass is 10.0. The van der Waals surface area contributed by atoms with Crippen molar-refractivity contribution in [2.45, 2.75) is 0 Å². The molecule has 1 heterocycles. The van der Waals surface area contributed by atoms with E-state index < -0.39 is 0 Å². The van der Waals surface area contributed by atoms with Gasteiger partial charge in [0, 0.05) is 10.6 Å². The first-order chi connectivity index (χ1) is 11.3. The van der Waals surface area contributed by atoms with Crippen molar-refractivity contribution < 1.29 is 5.11 Å². The van der Waals surface area contributed by atoms with Gasteiger partial charge in [-0.2, -0.15) is 0 Å². The van der Waals surface area contributed by atoms with Crippen molar-refractivity contribution in [2.75, 3.05) is 0 Å². The predicted octanol–water partition coefficient (Wildman–Crippen LogP) is 3.88. The second-order valence-electron chi connectivity index (χ2n) is 5.33. The number of rotatable bonds is 2. The van der Waals surface area contributed by atoms with Gasteiger partial charge in [0.2, 0.25) is 0 Å². The van der Waals surface area contributed by atoms with Gasteiger partial charge in [0.15, 0.2) is 0 Å². The van der Waals surface area contributed by atoms with Crippen LogP contribution in [0, 0.1) is 0 Å². The Morgan fingerprint density at radius 2 is 1.61 bits per heavy atom. The summed E-state index contributed by atoms with van der Waals surface area (Å²) in [5.74, 6) is 0.229. The number of hydrogen-bond acceptors (Lipinski definition) is 3. The highest BCUT2D eigenvalue weighted by atomic mass is 16.3. The van der Waals surface area contributed by atoms with Crippen LogP contribution < -0.4 is 5.22 Å². The van der Waals surface area contributed by atoms with Gasteiger partial charge in [-0.25, -0.2) is 9.97 Å². The fourth-order valence-electron chi connectivity index (χ4n) is 2.79. The minimum Gasteiger partial charge on any atom is -0.507 e. The number of aliphatic hydroxyl groups is 1. The molecule has 0 aliphatic heterocycles. The molecule has 110 valence electrons. The van der Waals surface area contributed by atoms with E-state index >= 15 is 0 Å². The SMILES string of the molecule is OC(/C=C/c1ccccc1)=c1/ccc2ncnc3cccc1c32. The molecule has 0 saturated carbocycles. The molecule has 3 heteroatoms. The molecule has 0 amide bonds. The highest BCUT2D eigenvalue weighted by Crippen LogP contribution is 2.20. The lowest BCUT2D eigenvalue weighted by Crippen LogP contribution is -2.07. The zero-order chi connectivity index (χ0) is 15.6. The van der Waals surface area contributed by atoms with Crippen LogP contribution in [-0.4, -0.2) is 15.1 Å². The summed E-state index contributed by atoms with van der Waals surface area (Å²) in [7, 11) is 0. The Hall–Kier alpha value is -3.20. The maximum Gasteiger partial charge on any atom is 0.123 e. The van der Waals surface area contributed by atoms with Crippen LogP contribution in [0.5, 0.6) is 0 Å². The minimum atomic E-state index is 0.229. The molecule has 0 bridgehead atoms. The predicted molar refractivity (Wildman–Crippen MR) is 93.8 cm³/mol. The topological polar surface area (TPSA) is 46.0 Å². The molecule has 0 aliphatic rings. The third kappa shape index (κ3) is 2.42. The normalized spacial score (nSPS) is 13.0. The van der Waals surface area contributed by atoms with Crippen molar-refractivity contribution >= 4 is 33.6 Å². The van der Waals surface area contributed by atoms with Crippen LogP contribution in [0.25, 0.3) is 33.6 Å². The molecule has 23 heavy (non-hydrogen) atoms. The number of benzene rings is 3. The molecule has 0 aliphatic carbocycles. The molecular formula is C20H14N2O. The van der Waals surface area contributed by atoms with Gasteiger partial charge in [0.25, 0.3) is 0 Å². The van der Waals surface area contributed by atoms with Crippen LogP contribution in [0.4, 0.5) is 0 Å². The summed E-state index contributed by atoms with van der Waals surface area (Å²) in [5, 5.41) is 13.2. The molecule has 0 fully saturated rings. The minimum absolute atomic E-state index is 0.229. The number of aliphatic hydroxyl groups excluding tert-OH is 1. The van der Waals surface area contributed by atoms with E-state index in [1.54, 1.807) is 12.4 Å². The van der Waals surface area contributed by atoms with E-state index in [1.807, 2.05) is 66.7 Å². The summed E-state index contributed by atoms with van der Waals surface area (Å²) >= 11 is 0. The Balaban J connectivity index is 1.94. The van der Waals surface area contributed by atoms with Gasteiger partial charge in [-0.05, 0) is 35.2 Å². The Labute approximate surface area is 133 Å². The molecule has 0 atom stereocenters. The molecule has 0 saturated heterocycles. The molecule has 3 aromatic carbocycles. The summed E-state index contributed by atoms with van der Waals surface area (Å²) in [5.41, 5.74) is 2.81.